The van der Waals surface area contributed by atoms with Crippen LogP contribution < -0.4 is 5.73 Å². The van der Waals surface area contributed by atoms with Gasteiger partial charge in [0.15, 0.2) is 5.69 Å². The molecular formula is C10H12F2N2O2. The molecule has 1 rings (SSSR count). The number of carbonyl (C=O) groups is 1. The maximum atomic E-state index is 12.6. The Morgan fingerprint density at radius 2 is 2.25 bits per heavy atom. The summed E-state index contributed by atoms with van der Waals surface area (Å²) >= 11 is 0. The molecule has 0 spiro atoms. The van der Waals surface area contributed by atoms with Crippen molar-refractivity contribution < 1.29 is 18.3 Å². The van der Waals surface area contributed by atoms with E-state index in [0.717, 1.165) is 0 Å². The smallest absolute Gasteiger partial charge is 0.356 e. The quantitative estimate of drug-likeness (QED) is 0.800. The molecule has 0 aliphatic rings. The van der Waals surface area contributed by atoms with E-state index in [1.165, 1.54) is 20.1 Å². The highest BCUT2D eigenvalue weighted by molar-refractivity contribution is 5.89. The predicted molar refractivity (Wildman–Crippen MR) is 53.2 cm³/mol. The lowest BCUT2D eigenvalue weighted by atomic mass is 10.1. The number of alkyl halides is 2. The van der Waals surface area contributed by atoms with Gasteiger partial charge >= 0.3 is 5.97 Å². The average Bonchev–Trinajstić information content (AvgIpc) is 2.27. The molecule has 0 aliphatic heterocycles. The molecule has 4 nitrogen and oxygen atoms in total. The molecule has 0 fully saturated rings. The number of pyridine rings is 1. The molecule has 1 aromatic rings. The van der Waals surface area contributed by atoms with Crippen molar-refractivity contribution in [3.8, 4) is 0 Å². The van der Waals surface area contributed by atoms with Gasteiger partial charge in [-0.1, -0.05) is 0 Å². The first-order valence-electron chi connectivity index (χ1n) is 4.58. The minimum absolute atomic E-state index is 0.00750. The molecule has 0 atom stereocenters. The van der Waals surface area contributed by atoms with E-state index in [9.17, 15) is 13.6 Å². The molecule has 0 aromatic carbocycles. The number of hydrogen-bond acceptors (Lipinski definition) is 4. The lowest BCUT2D eigenvalue weighted by molar-refractivity contribution is 0.0591. The van der Waals surface area contributed by atoms with Gasteiger partial charge < -0.3 is 10.5 Å². The Balaban J connectivity index is 3.32. The zero-order valence-corrected chi connectivity index (χ0v) is 8.96. The van der Waals surface area contributed by atoms with Gasteiger partial charge in [-0.25, -0.2) is 18.6 Å². The molecule has 16 heavy (non-hydrogen) atoms. The highest BCUT2D eigenvalue weighted by Crippen LogP contribution is 2.24. The van der Waals surface area contributed by atoms with Crippen LogP contribution in [0.2, 0.25) is 0 Å². The van der Waals surface area contributed by atoms with Crippen molar-refractivity contribution in [2.75, 3.05) is 7.11 Å². The summed E-state index contributed by atoms with van der Waals surface area (Å²) in [6.45, 7) is 1.37. The standard InChI is InChI=1S/C10H12F2N2O2/c1-5-7(9(11)12)3-6(4-13)8(14-5)10(15)16-2/h3,9H,4,13H2,1-2H3. The monoisotopic (exact) mass is 230 g/mol. The number of nitrogens with two attached hydrogens (primary N) is 1. The zero-order valence-electron chi connectivity index (χ0n) is 8.96. The lowest BCUT2D eigenvalue weighted by Crippen LogP contribution is -2.14. The number of rotatable bonds is 3. The highest BCUT2D eigenvalue weighted by atomic mass is 19.3. The second-order valence-corrected chi connectivity index (χ2v) is 3.17. The van der Waals surface area contributed by atoms with E-state index >= 15 is 0 Å². The average molecular weight is 230 g/mol. The number of aromatic nitrogens is 1. The third kappa shape index (κ3) is 2.33. The van der Waals surface area contributed by atoms with E-state index in [4.69, 9.17) is 5.73 Å². The zero-order chi connectivity index (χ0) is 12.3. The Kier molecular flexibility index (Phi) is 3.89. The van der Waals surface area contributed by atoms with Crippen LogP contribution in [0.3, 0.4) is 0 Å². The van der Waals surface area contributed by atoms with E-state index in [1.807, 2.05) is 0 Å². The van der Waals surface area contributed by atoms with E-state index in [1.54, 1.807) is 0 Å². The molecular weight excluding hydrogens is 218 g/mol. The van der Waals surface area contributed by atoms with Crippen LogP contribution in [0.5, 0.6) is 0 Å². The van der Waals surface area contributed by atoms with Crippen LogP contribution in [0.1, 0.15) is 33.7 Å². The van der Waals surface area contributed by atoms with Gasteiger partial charge in [-0.3, -0.25) is 0 Å². The molecule has 6 heteroatoms. The maximum Gasteiger partial charge on any atom is 0.356 e. The van der Waals surface area contributed by atoms with E-state index in [2.05, 4.69) is 9.72 Å². The van der Waals surface area contributed by atoms with Crippen LogP contribution in [0.4, 0.5) is 8.78 Å². The summed E-state index contributed by atoms with van der Waals surface area (Å²) in [4.78, 5) is 15.1. The lowest BCUT2D eigenvalue weighted by Gasteiger charge is -2.10. The summed E-state index contributed by atoms with van der Waals surface area (Å²) in [7, 11) is 1.20. The van der Waals surface area contributed by atoms with Crippen molar-refractivity contribution >= 4 is 5.97 Å². The second-order valence-electron chi connectivity index (χ2n) is 3.17. The fourth-order valence-electron chi connectivity index (χ4n) is 1.31. The molecule has 0 bridgehead atoms. The van der Waals surface area contributed by atoms with Gasteiger partial charge in [-0.2, -0.15) is 0 Å². The van der Waals surface area contributed by atoms with Crippen molar-refractivity contribution in [2.45, 2.75) is 19.9 Å². The van der Waals surface area contributed by atoms with Gasteiger partial charge in [-0.15, -0.1) is 0 Å². The van der Waals surface area contributed by atoms with Gasteiger partial charge in [0.1, 0.15) is 0 Å². The minimum atomic E-state index is -2.63. The fourth-order valence-corrected chi connectivity index (χ4v) is 1.31. The van der Waals surface area contributed by atoms with Crippen molar-refractivity contribution in [3.63, 3.8) is 0 Å². The number of ether oxygens (including phenoxy) is 1. The number of halogens is 2. The third-order valence-electron chi connectivity index (χ3n) is 2.16. The highest BCUT2D eigenvalue weighted by Gasteiger charge is 2.19. The summed E-state index contributed by atoms with van der Waals surface area (Å²) < 4.78 is 29.6. The van der Waals surface area contributed by atoms with Crippen LogP contribution >= 0.6 is 0 Å². The van der Waals surface area contributed by atoms with Crippen molar-refractivity contribution in [1.29, 1.82) is 0 Å². The molecule has 0 saturated carbocycles. The maximum absolute atomic E-state index is 12.6. The van der Waals surface area contributed by atoms with E-state index in [0.29, 0.717) is 0 Å². The Hall–Kier alpha value is -1.56. The largest absolute Gasteiger partial charge is 0.464 e. The summed E-state index contributed by atoms with van der Waals surface area (Å²) in [5, 5.41) is 0. The summed E-state index contributed by atoms with van der Waals surface area (Å²) in [5.41, 5.74) is 5.51. The van der Waals surface area contributed by atoms with Crippen LogP contribution in [0.25, 0.3) is 0 Å². The molecule has 0 unspecified atom stereocenters. The Bertz CT molecular complexity index is 408. The van der Waals surface area contributed by atoms with Crippen LogP contribution in [0, 0.1) is 6.92 Å². The number of hydrogen-bond donors (Lipinski definition) is 1. The Morgan fingerprint density at radius 1 is 1.62 bits per heavy atom. The minimum Gasteiger partial charge on any atom is -0.464 e. The van der Waals surface area contributed by atoms with Gasteiger partial charge in [0.2, 0.25) is 0 Å². The molecule has 2 N–H and O–H groups in total. The van der Waals surface area contributed by atoms with Gasteiger partial charge in [-0.05, 0) is 18.6 Å². The molecule has 1 aromatic heterocycles. The van der Waals surface area contributed by atoms with E-state index in [-0.39, 0.29) is 29.1 Å². The Labute approximate surface area is 91.4 Å². The van der Waals surface area contributed by atoms with Gasteiger partial charge in [0.05, 0.1) is 7.11 Å². The fraction of sp³-hybridized carbons (Fsp3) is 0.400. The number of nitrogens with zero attached hydrogens (tertiary/aromatic N) is 1. The number of carbonyl (C=O) groups excluding carboxylic acids is 1. The topological polar surface area (TPSA) is 65.2 Å². The Morgan fingerprint density at radius 3 is 2.69 bits per heavy atom. The normalized spacial score (nSPS) is 10.6. The number of methoxy groups -OCH3 is 1. The molecule has 0 aliphatic carbocycles. The number of esters is 1. The molecule has 0 radical (unpaired) electrons. The summed E-state index contributed by atoms with van der Waals surface area (Å²) in [6.07, 6.45) is -2.63. The third-order valence-corrected chi connectivity index (χ3v) is 2.16. The number of aryl methyl sites for hydroxylation is 1. The van der Waals surface area contributed by atoms with E-state index < -0.39 is 12.4 Å². The molecule has 0 amide bonds. The summed E-state index contributed by atoms with van der Waals surface area (Å²) in [5.74, 6) is -0.677. The van der Waals surface area contributed by atoms with Crippen molar-refractivity contribution in [2.24, 2.45) is 5.73 Å². The predicted octanol–water partition coefficient (Wildman–Crippen LogP) is 1.57. The van der Waals surface area contributed by atoms with Crippen molar-refractivity contribution in [3.05, 3.63) is 28.6 Å². The molecule has 1 heterocycles. The van der Waals surface area contributed by atoms with Gasteiger partial charge in [0.25, 0.3) is 6.43 Å². The molecule has 0 saturated heterocycles. The first-order chi connectivity index (χ1) is 7.51. The SMILES string of the molecule is COC(=O)c1nc(C)c(C(F)F)cc1CN. The van der Waals surface area contributed by atoms with Crippen LogP contribution in [-0.2, 0) is 11.3 Å². The van der Waals surface area contributed by atoms with Gasteiger partial charge in [0, 0.05) is 17.8 Å². The van der Waals surface area contributed by atoms with Crippen molar-refractivity contribution in [1.82, 2.24) is 4.98 Å². The second kappa shape index (κ2) is 4.98. The van der Waals surface area contributed by atoms with Crippen LogP contribution in [0.15, 0.2) is 6.07 Å². The first kappa shape index (κ1) is 12.5. The molecule has 88 valence electrons. The summed E-state index contributed by atoms with van der Waals surface area (Å²) in [6, 6.07) is 1.19. The first-order valence-corrected chi connectivity index (χ1v) is 4.58. The van der Waals surface area contributed by atoms with Crippen LogP contribution in [-0.4, -0.2) is 18.1 Å².